The van der Waals surface area contributed by atoms with Crippen molar-refractivity contribution in [3.8, 4) is 5.75 Å². The zero-order chi connectivity index (χ0) is 16.7. The van der Waals surface area contributed by atoms with E-state index in [0.29, 0.717) is 23.5 Å². The van der Waals surface area contributed by atoms with Crippen LogP contribution >= 0.6 is 15.9 Å². The summed E-state index contributed by atoms with van der Waals surface area (Å²) < 4.78 is 11.4. The lowest BCUT2D eigenvalue weighted by atomic mass is 10.1. The molecule has 120 valence electrons. The van der Waals surface area contributed by atoms with Gasteiger partial charge in [-0.05, 0) is 42.8 Å². The standard InChI is InChI=1S/C18H17BrO4/c1-2-11-22-16-9-5-14(6-10-16)18(21)23-12-17(20)13-3-7-15(19)8-4-13/h3-10H,2,11-12H2,1H3. The smallest absolute Gasteiger partial charge is 0.338 e. The van der Waals surface area contributed by atoms with Crippen molar-refractivity contribution in [2.45, 2.75) is 13.3 Å². The molecule has 4 nitrogen and oxygen atoms in total. The predicted molar refractivity (Wildman–Crippen MR) is 91.0 cm³/mol. The van der Waals surface area contributed by atoms with Crippen molar-refractivity contribution in [3.63, 3.8) is 0 Å². The van der Waals surface area contributed by atoms with Crippen LogP contribution in [-0.2, 0) is 4.74 Å². The van der Waals surface area contributed by atoms with Crippen LogP contribution in [0.1, 0.15) is 34.1 Å². The second kappa shape index (κ2) is 8.48. The molecule has 0 aliphatic carbocycles. The number of esters is 1. The van der Waals surface area contributed by atoms with Gasteiger partial charge in [0.1, 0.15) is 5.75 Å². The fraction of sp³-hybridized carbons (Fsp3) is 0.222. The Morgan fingerprint density at radius 3 is 2.17 bits per heavy atom. The number of ketones is 1. The quantitative estimate of drug-likeness (QED) is 0.534. The van der Waals surface area contributed by atoms with E-state index < -0.39 is 5.97 Å². The van der Waals surface area contributed by atoms with Crippen LogP contribution < -0.4 is 4.74 Å². The van der Waals surface area contributed by atoms with Gasteiger partial charge in [-0.1, -0.05) is 35.0 Å². The Morgan fingerprint density at radius 1 is 0.957 bits per heavy atom. The van der Waals surface area contributed by atoms with Crippen LogP contribution in [0.5, 0.6) is 5.75 Å². The summed E-state index contributed by atoms with van der Waals surface area (Å²) in [5.74, 6) is -0.0689. The maximum atomic E-state index is 12.0. The van der Waals surface area contributed by atoms with Gasteiger partial charge in [0.25, 0.3) is 0 Å². The molecule has 0 aliphatic rings. The minimum absolute atomic E-state index is 0.242. The highest BCUT2D eigenvalue weighted by Gasteiger charge is 2.12. The summed E-state index contributed by atoms with van der Waals surface area (Å²) in [6, 6.07) is 13.6. The van der Waals surface area contributed by atoms with Crippen molar-refractivity contribution in [1.29, 1.82) is 0 Å². The molecular weight excluding hydrogens is 360 g/mol. The number of hydrogen-bond acceptors (Lipinski definition) is 4. The normalized spacial score (nSPS) is 10.2. The molecule has 0 aromatic heterocycles. The zero-order valence-corrected chi connectivity index (χ0v) is 14.3. The summed E-state index contributed by atoms with van der Waals surface area (Å²) in [5.41, 5.74) is 0.891. The van der Waals surface area contributed by atoms with E-state index in [0.717, 1.165) is 10.9 Å². The molecule has 5 heteroatoms. The second-order valence-corrected chi connectivity index (χ2v) is 5.79. The van der Waals surface area contributed by atoms with E-state index >= 15 is 0 Å². The average molecular weight is 377 g/mol. The number of carbonyl (C=O) groups excluding carboxylic acids is 2. The lowest BCUT2D eigenvalue weighted by Gasteiger charge is -2.07. The number of rotatable bonds is 7. The largest absolute Gasteiger partial charge is 0.494 e. The van der Waals surface area contributed by atoms with Crippen molar-refractivity contribution < 1.29 is 19.1 Å². The van der Waals surface area contributed by atoms with Crippen LogP contribution in [0.3, 0.4) is 0 Å². The van der Waals surface area contributed by atoms with Gasteiger partial charge < -0.3 is 9.47 Å². The van der Waals surface area contributed by atoms with Crippen molar-refractivity contribution >= 4 is 27.7 Å². The van der Waals surface area contributed by atoms with Crippen LogP contribution in [-0.4, -0.2) is 25.0 Å². The van der Waals surface area contributed by atoms with Gasteiger partial charge in [-0.3, -0.25) is 4.79 Å². The van der Waals surface area contributed by atoms with Gasteiger partial charge in [-0.2, -0.15) is 0 Å². The molecule has 0 radical (unpaired) electrons. The molecule has 2 aromatic carbocycles. The summed E-state index contributed by atoms with van der Waals surface area (Å²) in [6.07, 6.45) is 0.919. The second-order valence-electron chi connectivity index (χ2n) is 4.88. The highest BCUT2D eigenvalue weighted by Crippen LogP contribution is 2.14. The third kappa shape index (κ3) is 5.21. The van der Waals surface area contributed by atoms with Crippen LogP contribution in [0.15, 0.2) is 53.0 Å². The van der Waals surface area contributed by atoms with E-state index in [1.54, 1.807) is 48.5 Å². The molecule has 0 saturated carbocycles. The summed E-state index contributed by atoms with van der Waals surface area (Å²) >= 11 is 3.30. The minimum Gasteiger partial charge on any atom is -0.494 e. The first-order chi connectivity index (χ1) is 11.1. The molecular formula is C18H17BrO4. The molecule has 0 aliphatic heterocycles. The van der Waals surface area contributed by atoms with Crippen molar-refractivity contribution in [2.24, 2.45) is 0 Å². The van der Waals surface area contributed by atoms with Crippen molar-refractivity contribution in [1.82, 2.24) is 0 Å². The predicted octanol–water partition coefficient (Wildman–Crippen LogP) is 4.28. The van der Waals surface area contributed by atoms with Gasteiger partial charge in [0.05, 0.1) is 12.2 Å². The Bertz CT molecular complexity index is 662. The topological polar surface area (TPSA) is 52.6 Å². The van der Waals surface area contributed by atoms with Gasteiger partial charge in [-0.15, -0.1) is 0 Å². The monoisotopic (exact) mass is 376 g/mol. The Labute approximate surface area is 143 Å². The summed E-state index contributed by atoms with van der Waals surface area (Å²) in [5, 5.41) is 0. The summed E-state index contributed by atoms with van der Waals surface area (Å²) in [4.78, 5) is 23.9. The molecule has 0 atom stereocenters. The van der Waals surface area contributed by atoms with Crippen LogP contribution in [0.2, 0.25) is 0 Å². The molecule has 0 amide bonds. The minimum atomic E-state index is -0.530. The van der Waals surface area contributed by atoms with Crippen LogP contribution in [0.25, 0.3) is 0 Å². The van der Waals surface area contributed by atoms with Crippen LogP contribution in [0.4, 0.5) is 0 Å². The third-order valence-electron chi connectivity index (χ3n) is 3.06. The third-order valence-corrected chi connectivity index (χ3v) is 3.59. The number of ether oxygens (including phenoxy) is 2. The van der Waals surface area contributed by atoms with Gasteiger partial charge >= 0.3 is 5.97 Å². The lowest BCUT2D eigenvalue weighted by Crippen LogP contribution is -2.14. The molecule has 2 rings (SSSR count). The molecule has 23 heavy (non-hydrogen) atoms. The summed E-state index contributed by atoms with van der Waals surface area (Å²) in [7, 11) is 0. The molecule has 0 unspecified atom stereocenters. The fourth-order valence-electron chi connectivity index (χ4n) is 1.84. The lowest BCUT2D eigenvalue weighted by molar-refractivity contribution is 0.0474. The first kappa shape index (κ1) is 17.2. The molecule has 0 spiro atoms. The molecule has 0 N–H and O–H groups in total. The molecule has 0 fully saturated rings. The number of hydrogen-bond donors (Lipinski definition) is 0. The Balaban J connectivity index is 1.89. The van der Waals surface area contributed by atoms with Gasteiger partial charge in [-0.25, -0.2) is 4.79 Å². The fourth-order valence-corrected chi connectivity index (χ4v) is 2.11. The number of Topliss-reactive ketones (excluding diaryl/α,β-unsaturated/α-hetero) is 1. The van der Waals surface area contributed by atoms with E-state index in [4.69, 9.17) is 9.47 Å². The zero-order valence-electron chi connectivity index (χ0n) is 12.8. The Hall–Kier alpha value is -2.14. The van der Waals surface area contributed by atoms with E-state index in [-0.39, 0.29) is 12.4 Å². The van der Waals surface area contributed by atoms with Crippen molar-refractivity contribution in [2.75, 3.05) is 13.2 Å². The first-order valence-corrected chi connectivity index (χ1v) is 8.08. The average Bonchev–Trinajstić information content (AvgIpc) is 2.58. The Kier molecular flexibility index (Phi) is 6.35. The van der Waals surface area contributed by atoms with Crippen LogP contribution in [0, 0.1) is 0 Å². The first-order valence-electron chi connectivity index (χ1n) is 7.29. The maximum Gasteiger partial charge on any atom is 0.338 e. The maximum absolute atomic E-state index is 12.0. The number of benzene rings is 2. The van der Waals surface area contributed by atoms with E-state index in [9.17, 15) is 9.59 Å². The van der Waals surface area contributed by atoms with E-state index in [1.807, 2.05) is 6.92 Å². The highest BCUT2D eigenvalue weighted by molar-refractivity contribution is 9.10. The van der Waals surface area contributed by atoms with Gasteiger partial charge in [0.15, 0.2) is 12.4 Å². The summed E-state index contributed by atoms with van der Waals surface area (Å²) in [6.45, 7) is 2.37. The van der Waals surface area contributed by atoms with E-state index in [1.165, 1.54) is 0 Å². The van der Waals surface area contributed by atoms with Gasteiger partial charge in [0.2, 0.25) is 0 Å². The molecule has 2 aromatic rings. The van der Waals surface area contributed by atoms with Gasteiger partial charge in [0, 0.05) is 10.0 Å². The SMILES string of the molecule is CCCOc1ccc(C(=O)OCC(=O)c2ccc(Br)cc2)cc1. The molecule has 0 saturated heterocycles. The number of halogens is 1. The van der Waals surface area contributed by atoms with E-state index in [2.05, 4.69) is 15.9 Å². The highest BCUT2D eigenvalue weighted by atomic mass is 79.9. The molecule has 0 heterocycles. The van der Waals surface area contributed by atoms with Crippen molar-refractivity contribution in [3.05, 3.63) is 64.1 Å². The number of carbonyl (C=O) groups is 2. The Morgan fingerprint density at radius 2 is 1.57 bits per heavy atom. The molecule has 0 bridgehead atoms.